The molecule has 7 aromatic carbocycles. The molecule has 0 bridgehead atoms. The van der Waals surface area contributed by atoms with Crippen LogP contribution in [0, 0.1) is 0 Å². The van der Waals surface area contributed by atoms with Crippen molar-refractivity contribution in [2.75, 3.05) is 0 Å². The lowest BCUT2D eigenvalue weighted by atomic mass is 10.0. The van der Waals surface area contributed by atoms with E-state index in [0.29, 0.717) is 52.9 Å². The summed E-state index contributed by atoms with van der Waals surface area (Å²) in [4.78, 5) is 48.3. The summed E-state index contributed by atoms with van der Waals surface area (Å²) in [6.07, 6.45) is 5.35. The molecule has 0 saturated heterocycles. The molecule has 0 saturated carbocycles. The fourth-order valence-electron chi connectivity index (χ4n) is 6.63. The predicted octanol–water partition coefficient (Wildman–Crippen LogP) is 13.8. The molecule has 1 N–H and O–H groups in total. The minimum absolute atomic E-state index is 0. The highest BCUT2D eigenvalue weighted by molar-refractivity contribution is 7.54. The van der Waals surface area contributed by atoms with E-state index in [1.54, 1.807) is 91.0 Å². The molecule has 0 aromatic heterocycles. The number of aromatic hydroxyl groups is 1. The molecule has 68 heavy (non-hydrogen) atoms. The fraction of sp³-hybridized carbons (Fsp3) is 0.148. The second kappa shape index (κ2) is 27.3. The molecule has 7 rings (SSSR count). The van der Waals surface area contributed by atoms with Crippen molar-refractivity contribution in [3.8, 4) is 34.5 Å². The van der Waals surface area contributed by atoms with Gasteiger partial charge in [0, 0.05) is 12.2 Å². The fourth-order valence-corrected chi connectivity index (χ4v) is 6.63. The van der Waals surface area contributed by atoms with E-state index in [9.17, 15) is 24.3 Å². The first kappa shape index (κ1) is 54.0. The number of rotatable bonds is 15. The number of ether oxygens (including phenoxy) is 5. The van der Waals surface area contributed by atoms with Crippen molar-refractivity contribution in [3.05, 3.63) is 193 Å². The molecule has 7 aromatic rings. The Kier molecular flexibility index (Phi) is 21.7. The molecule has 10 nitrogen and oxygen atoms in total. The highest BCUT2D eigenvalue weighted by Crippen LogP contribution is 2.29. The van der Waals surface area contributed by atoms with Gasteiger partial charge in [0.15, 0.2) is 0 Å². The second-order valence-electron chi connectivity index (χ2n) is 14.6. The van der Waals surface area contributed by atoms with Gasteiger partial charge in [0.25, 0.3) is 0 Å². The van der Waals surface area contributed by atoms with Crippen LogP contribution in [0.5, 0.6) is 34.5 Å². The van der Waals surface area contributed by atoms with Crippen molar-refractivity contribution in [2.24, 2.45) is 0 Å². The first-order valence-electron chi connectivity index (χ1n) is 21.0. The average Bonchev–Trinajstić information content (AvgIpc) is 3.31. The predicted molar refractivity (Wildman–Crippen MR) is 273 cm³/mol. The highest BCUT2D eigenvalue weighted by atomic mass is 35.8. The van der Waals surface area contributed by atoms with Gasteiger partial charge in [0.1, 0.15) is 41.1 Å². The molecule has 0 fully saturated rings. The molecular formula is C54H50AlCl3O10. The van der Waals surface area contributed by atoms with Gasteiger partial charge in [-0.05, 0) is 136 Å². The van der Waals surface area contributed by atoms with E-state index in [1.807, 2.05) is 49.4 Å². The average molecular weight is 992 g/mol. The van der Waals surface area contributed by atoms with Crippen molar-refractivity contribution in [1.82, 2.24) is 0 Å². The number of phenols is 1. The van der Waals surface area contributed by atoms with Crippen LogP contribution in [0.1, 0.15) is 71.5 Å². The number of carbonyl (C=O) groups excluding carboxylic acids is 4. The normalized spacial score (nSPS) is 10.1. The molecule has 0 heterocycles. The van der Waals surface area contributed by atoms with Gasteiger partial charge in [-0.15, -0.1) is 0 Å². The number of aryl methyl sites for hydroxylation is 2. The van der Waals surface area contributed by atoms with Gasteiger partial charge >= 0.3 is 35.3 Å². The second-order valence-corrected chi connectivity index (χ2v) is 21.0. The number of esters is 4. The number of halogens is 3. The number of phenolic OH excluding ortho intramolecular Hbond substituents is 1. The van der Waals surface area contributed by atoms with Crippen molar-refractivity contribution in [2.45, 2.75) is 53.6 Å². The summed E-state index contributed by atoms with van der Waals surface area (Å²) in [5, 5.41) is 13.0. The molecular weight excluding hydrogens is 942 g/mol. The Labute approximate surface area is 413 Å². The molecule has 0 atom stereocenters. The zero-order chi connectivity index (χ0) is 48.3. The summed E-state index contributed by atoms with van der Waals surface area (Å²) >= 11 is -1.72. The van der Waals surface area contributed by atoms with E-state index in [0.717, 1.165) is 69.6 Å². The molecule has 0 unspecified atom stereocenters. The van der Waals surface area contributed by atoms with Crippen LogP contribution in [-0.2, 0) is 29.0 Å². The lowest BCUT2D eigenvalue weighted by Gasteiger charge is -2.13. The zero-order valence-corrected chi connectivity index (χ0v) is 40.1. The lowest BCUT2D eigenvalue weighted by molar-refractivity contribution is -0.129. The lowest BCUT2D eigenvalue weighted by Crippen LogP contribution is -2.12. The smallest absolute Gasteiger partial charge is 0.508 e. The zero-order valence-electron chi connectivity index (χ0n) is 36.7. The molecule has 0 aliphatic heterocycles. The van der Waals surface area contributed by atoms with Crippen LogP contribution >= 0.6 is 30.1 Å². The minimum Gasteiger partial charge on any atom is -0.508 e. The van der Waals surface area contributed by atoms with Gasteiger partial charge in [0.05, 0.1) is 11.1 Å². The third kappa shape index (κ3) is 16.6. The van der Waals surface area contributed by atoms with Gasteiger partial charge < -0.3 is 28.8 Å². The Morgan fingerprint density at radius 1 is 0.529 bits per heavy atom. The summed E-state index contributed by atoms with van der Waals surface area (Å²) in [5.41, 5.74) is 3.67. The first-order chi connectivity index (χ1) is 32.3. The number of hydrogen-bond acceptors (Lipinski definition) is 10. The summed E-state index contributed by atoms with van der Waals surface area (Å²) in [7, 11) is 14.8. The maximum Gasteiger partial charge on any atom is 0.643 e. The maximum atomic E-state index is 13.0. The van der Waals surface area contributed by atoms with Crippen molar-refractivity contribution in [1.29, 1.82) is 0 Å². The number of fused-ring (bicyclic) bond motifs is 2. The van der Waals surface area contributed by atoms with Crippen LogP contribution in [0.2, 0.25) is 0 Å². The topological polar surface area (TPSA) is 135 Å². The number of hydrogen-bond donors (Lipinski definition) is 1. The molecule has 0 radical (unpaired) electrons. The van der Waals surface area contributed by atoms with Gasteiger partial charge in [0.2, 0.25) is 0 Å². The number of benzene rings is 7. The van der Waals surface area contributed by atoms with Crippen molar-refractivity contribution in [3.63, 3.8) is 0 Å². The largest absolute Gasteiger partial charge is 0.643 e. The van der Waals surface area contributed by atoms with Gasteiger partial charge in [-0.2, -0.15) is 0 Å². The van der Waals surface area contributed by atoms with E-state index in [4.69, 9.17) is 53.8 Å². The molecule has 0 aliphatic carbocycles. The van der Waals surface area contributed by atoms with Gasteiger partial charge in [-0.1, -0.05) is 102 Å². The van der Waals surface area contributed by atoms with Crippen LogP contribution in [0.25, 0.3) is 21.5 Å². The van der Waals surface area contributed by atoms with E-state index in [2.05, 4.69) is 20.1 Å². The Morgan fingerprint density at radius 2 is 0.912 bits per heavy atom. The first-order valence-corrected chi connectivity index (χ1v) is 26.3. The van der Waals surface area contributed by atoms with Crippen LogP contribution in [0.4, 0.5) is 0 Å². The van der Waals surface area contributed by atoms with E-state index < -0.39 is 35.3 Å². The molecule has 0 spiro atoms. The third-order valence-corrected chi connectivity index (χ3v) is 9.65. The standard InChI is InChI=1S/C30H26O5.C23H20O5.CH4.Al.3ClH/c1-3-8-24-19-25(33-20-21-9-6-5-7-10-21)15-16-28(24)30(32)35-27-14-12-22-17-26(34-29(31)4-2)13-11-23(22)18-27;1-3-5-17-12-18(24)8-11-21(17)23(26)28-20-10-7-15-13-19(27-22(25)4-2)9-6-16(15)14-20;;;;;/h4-7,9-19H,2-3,8,20H2,1H3;4,6-14,24H,2-3,5H2,1H3;1H4;;3*1H/q;;;+3;;;/p-3. The van der Waals surface area contributed by atoms with Crippen LogP contribution in [0.15, 0.2) is 165 Å². The van der Waals surface area contributed by atoms with E-state index in [1.165, 1.54) is 6.07 Å². The Morgan fingerprint density at radius 3 is 1.32 bits per heavy atom. The summed E-state index contributed by atoms with van der Waals surface area (Å²) in [6.45, 7) is 11.3. The molecule has 350 valence electrons. The third-order valence-electron chi connectivity index (χ3n) is 9.65. The van der Waals surface area contributed by atoms with E-state index in [-0.39, 0.29) is 13.2 Å². The number of carbonyl (C=O) groups is 4. The monoisotopic (exact) mass is 990 g/mol. The summed E-state index contributed by atoms with van der Waals surface area (Å²) in [6, 6.07) is 41.0. The van der Waals surface area contributed by atoms with E-state index >= 15 is 0 Å². The molecule has 0 amide bonds. The summed E-state index contributed by atoms with van der Waals surface area (Å²) in [5.74, 6) is 0.579. The Bertz CT molecular complexity index is 2860. The van der Waals surface area contributed by atoms with Crippen LogP contribution in [0.3, 0.4) is 0 Å². The van der Waals surface area contributed by atoms with Gasteiger partial charge in [-0.3, -0.25) is 0 Å². The van der Waals surface area contributed by atoms with Crippen molar-refractivity contribution >= 4 is 87.0 Å². The SMILES string of the molecule is C.C=CC(=O)Oc1ccc2cc(OC(=O)c3ccc(O)cc3CCC)ccc2c1.C=CC(=O)Oc1ccc2cc(OC(=O)c3ccc(OCc4ccccc4)cc3CCC)ccc2c1.[Cl][Al]([Cl])[Cl]. The quantitative estimate of drug-likeness (QED) is 0.0458. The Hall–Kier alpha value is -6.58. The minimum atomic E-state index is -1.72. The van der Waals surface area contributed by atoms with Crippen LogP contribution in [-0.4, -0.2) is 40.4 Å². The molecule has 14 heteroatoms. The van der Waals surface area contributed by atoms with Gasteiger partial charge in [-0.25, -0.2) is 49.3 Å². The maximum absolute atomic E-state index is 13.0. The highest BCUT2D eigenvalue weighted by Gasteiger charge is 2.17. The molecule has 0 aliphatic rings. The van der Waals surface area contributed by atoms with Crippen LogP contribution < -0.4 is 23.7 Å². The van der Waals surface area contributed by atoms with Crippen molar-refractivity contribution < 1.29 is 48.0 Å². The summed E-state index contributed by atoms with van der Waals surface area (Å²) < 4.78 is 27.4. The Balaban J connectivity index is 0.000000277.